The number of sulfonamides is 1. The van der Waals surface area contributed by atoms with E-state index in [1.807, 2.05) is 0 Å². The van der Waals surface area contributed by atoms with Gasteiger partial charge in [0.1, 0.15) is 0 Å². The van der Waals surface area contributed by atoms with Crippen molar-refractivity contribution in [3.05, 3.63) is 59.1 Å². The Morgan fingerprint density at radius 2 is 1.76 bits per heavy atom. The molecular formula is C20H23ClN2O5S. The molecule has 0 heterocycles. The van der Waals surface area contributed by atoms with Crippen molar-refractivity contribution >= 4 is 39.2 Å². The zero-order chi connectivity index (χ0) is 21.6. The topological polar surface area (TPSA) is 92.8 Å². The highest BCUT2D eigenvalue weighted by Crippen LogP contribution is 2.19. The van der Waals surface area contributed by atoms with Gasteiger partial charge in [-0.3, -0.25) is 4.79 Å². The van der Waals surface area contributed by atoms with Crippen molar-refractivity contribution in [3.63, 3.8) is 0 Å². The third-order valence-corrected chi connectivity index (χ3v) is 6.44. The number of amides is 1. The van der Waals surface area contributed by atoms with Crippen molar-refractivity contribution in [1.29, 1.82) is 0 Å². The standard InChI is InChI=1S/C20H23ClN2O5S/c1-4-23(5-2)29(26,27)18-11-6-8-15(12-18)20(25)28-14(3)19(24)22-17-10-7-9-16(21)13-17/h6-14H,4-5H2,1-3H3,(H,22,24)/t14-/m0/s1. The van der Waals surface area contributed by atoms with E-state index in [-0.39, 0.29) is 10.5 Å². The summed E-state index contributed by atoms with van der Waals surface area (Å²) in [5.41, 5.74) is 0.512. The lowest BCUT2D eigenvalue weighted by atomic mass is 10.2. The zero-order valence-corrected chi connectivity index (χ0v) is 18.0. The van der Waals surface area contributed by atoms with Crippen molar-refractivity contribution in [1.82, 2.24) is 4.31 Å². The molecule has 2 aromatic rings. The van der Waals surface area contributed by atoms with Gasteiger partial charge in [-0.15, -0.1) is 0 Å². The Kier molecular flexibility index (Phi) is 7.78. The summed E-state index contributed by atoms with van der Waals surface area (Å²) >= 11 is 5.88. The molecule has 0 aliphatic carbocycles. The number of hydrogen-bond acceptors (Lipinski definition) is 5. The molecule has 1 atom stereocenters. The van der Waals surface area contributed by atoms with E-state index in [0.29, 0.717) is 23.8 Å². The van der Waals surface area contributed by atoms with Crippen LogP contribution in [0.3, 0.4) is 0 Å². The Balaban J connectivity index is 2.11. The molecule has 7 nitrogen and oxygen atoms in total. The largest absolute Gasteiger partial charge is 0.449 e. The Morgan fingerprint density at radius 1 is 1.10 bits per heavy atom. The highest BCUT2D eigenvalue weighted by Gasteiger charge is 2.24. The third kappa shape index (κ3) is 5.79. The molecule has 2 rings (SSSR count). The van der Waals surface area contributed by atoms with Gasteiger partial charge in [-0.05, 0) is 43.3 Å². The SMILES string of the molecule is CCN(CC)S(=O)(=O)c1cccc(C(=O)O[C@@H](C)C(=O)Nc2cccc(Cl)c2)c1. The number of anilines is 1. The van der Waals surface area contributed by atoms with E-state index in [1.54, 1.807) is 38.1 Å². The van der Waals surface area contributed by atoms with E-state index in [9.17, 15) is 18.0 Å². The number of ether oxygens (including phenoxy) is 1. The van der Waals surface area contributed by atoms with Crippen molar-refractivity contribution in [2.45, 2.75) is 31.8 Å². The van der Waals surface area contributed by atoms with Gasteiger partial charge < -0.3 is 10.1 Å². The predicted molar refractivity (Wildman–Crippen MR) is 112 cm³/mol. The van der Waals surface area contributed by atoms with Crippen LogP contribution in [0.15, 0.2) is 53.4 Å². The monoisotopic (exact) mass is 438 g/mol. The fourth-order valence-corrected chi connectivity index (χ4v) is 4.28. The van der Waals surface area contributed by atoms with Crippen molar-refractivity contribution < 1.29 is 22.7 Å². The molecule has 1 amide bonds. The number of benzene rings is 2. The molecule has 2 aromatic carbocycles. The van der Waals surface area contributed by atoms with Gasteiger partial charge >= 0.3 is 5.97 Å². The maximum absolute atomic E-state index is 12.6. The molecule has 0 aliphatic rings. The van der Waals surface area contributed by atoms with Gasteiger partial charge in [-0.25, -0.2) is 13.2 Å². The van der Waals surface area contributed by atoms with Crippen LogP contribution in [0, 0.1) is 0 Å². The van der Waals surface area contributed by atoms with Crippen molar-refractivity contribution in [2.75, 3.05) is 18.4 Å². The fraction of sp³-hybridized carbons (Fsp3) is 0.300. The number of hydrogen-bond donors (Lipinski definition) is 1. The molecule has 0 spiro atoms. The van der Waals surface area contributed by atoms with E-state index in [2.05, 4.69) is 5.32 Å². The molecule has 0 aliphatic heterocycles. The highest BCUT2D eigenvalue weighted by atomic mass is 35.5. The average Bonchev–Trinajstić information content (AvgIpc) is 2.68. The average molecular weight is 439 g/mol. The molecule has 9 heteroatoms. The summed E-state index contributed by atoms with van der Waals surface area (Å²) in [5, 5.41) is 3.06. The summed E-state index contributed by atoms with van der Waals surface area (Å²) in [6.45, 7) is 5.52. The second-order valence-corrected chi connectivity index (χ2v) is 8.54. The molecule has 0 unspecified atom stereocenters. The predicted octanol–water partition coefficient (Wildman–Crippen LogP) is 3.55. The summed E-state index contributed by atoms with van der Waals surface area (Å²) in [6, 6.07) is 12.1. The van der Waals surface area contributed by atoms with Crippen molar-refractivity contribution in [3.8, 4) is 0 Å². The second-order valence-electron chi connectivity index (χ2n) is 6.16. The van der Waals surface area contributed by atoms with Crippen LogP contribution in [0.4, 0.5) is 5.69 Å². The Hall–Kier alpha value is -2.42. The molecule has 0 fully saturated rings. The van der Waals surface area contributed by atoms with Crippen molar-refractivity contribution in [2.24, 2.45) is 0 Å². The zero-order valence-electron chi connectivity index (χ0n) is 16.4. The van der Waals surface area contributed by atoms with Crippen LogP contribution in [-0.4, -0.2) is 43.8 Å². The molecule has 156 valence electrons. The number of nitrogens with one attached hydrogen (secondary N) is 1. The first-order valence-electron chi connectivity index (χ1n) is 9.06. The molecule has 29 heavy (non-hydrogen) atoms. The Morgan fingerprint density at radius 3 is 2.38 bits per heavy atom. The minimum Gasteiger partial charge on any atom is -0.449 e. The van der Waals surface area contributed by atoms with E-state index in [1.165, 1.54) is 35.5 Å². The van der Waals surface area contributed by atoms with Crippen LogP contribution in [0.5, 0.6) is 0 Å². The van der Waals surface area contributed by atoms with E-state index in [0.717, 1.165) is 0 Å². The number of nitrogens with zero attached hydrogens (tertiary/aromatic N) is 1. The fourth-order valence-electron chi connectivity index (χ4n) is 2.59. The summed E-state index contributed by atoms with van der Waals surface area (Å²) in [6.07, 6.45) is -1.09. The Labute approximate surface area is 175 Å². The van der Waals surface area contributed by atoms with Crippen LogP contribution in [0.1, 0.15) is 31.1 Å². The summed E-state index contributed by atoms with van der Waals surface area (Å²) in [7, 11) is -3.71. The van der Waals surface area contributed by atoms with Crippen LogP contribution >= 0.6 is 11.6 Å². The molecule has 0 bridgehead atoms. The lowest BCUT2D eigenvalue weighted by Crippen LogP contribution is -2.31. The summed E-state index contributed by atoms with van der Waals surface area (Å²) in [4.78, 5) is 24.7. The number of carbonyl (C=O) groups excluding carboxylic acids is 2. The van der Waals surface area contributed by atoms with Gasteiger partial charge in [0.15, 0.2) is 6.10 Å². The minimum atomic E-state index is -3.71. The van der Waals surface area contributed by atoms with Gasteiger partial charge in [-0.1, -0.05) is 37.6 Å². The number of rotatable bonds is 8. The lowest BCUT2D eigenvalue weighted by molar-refractivity contribution is -0.123. The quantitative estimate of drug-likeness (QED) is 0.636. The number of esters is 1. The van der Waals surface area contributed by atoms with Crippen LogP contribution < -0.4 is 5.32 Å². The van der Waals surface area contributed by atoms with Crippen LogP contribution in [0.25, 0.3) is 0 Å². The van der Waals surface area contributed by atoms with E-state index < -0.39 is 28.0 Å². The highest BCUT2D eigenvalue weighted by molar-refractivity contribution is 7.89. The molecule has 0 saturated carbocycles. The smallest absolute Gasteiger partial charge is 0.338 e. The van der Waals surface area contributed by atoms with Gasteiger partial charge in [0.2, 0.25) is 10.0 Å². The van der Waals surface area contributed by atoms with Gasteiger partial charge in [0, 0.05) is 23.8 Å². The summed E-state index contributed by atoms with van der Waals surface area (Å²) in [5.74, 6) is -1.33. The molecule has 0 radical (unpaired) electrons. The van der Waals surface area contributed by atoms with E-state index in [4.69, 9.17) is 16.3 Å². The minimum absolute atomic E-state index is 0.00770. The normalized spacial score (nSPS) is 12.4. The van der Waals surface area contributed by atoms with Crippen LogP contribution in [0.2, 0.25) is 5.02 Å². The van der Waals surface area contributed by atoms with Gasteiger partial charge in [0.25, 0.3) is 5.91 Å². The van der Waals surface area contributed by atoms with Crippen LogP contribution in [-0.2, 0) is 19.6 Å². The lowest BCUT2D eigenvalue weighted by Gasteiger charge is -2.19. The third-order valence-electron chi connectivity index (χ3n) is 4.16. The number of carbonyl (C=O) groups is 2. The first kappa shape index (κ1) is 22.9. The van der Waals surface area contributed by atoms with E-state index >= 15 is 0 Å². The van der Waals surface area contributed by atoms with Gasteiger partial charge in [0.05, 0.1) is 10.5 Å². The number of halogens is 1. The van der Waals surface area contributed by atoms with Gasteiger partial charge in [-0.2, -0.15) is 4.31 Å². The molecular weight excluding hydrogens is 416 g/mol. The molecule has 1 N–H and O–H groups in total. The summed E-state index contributed by atoms with van der Waals surface area (Å²) < 4.78 is 31.7. The molecule has 0 aromatic heterocycles. The molecule has 0 saturated heterocycles. The first-order chi connectivity index (χ1) is 13.7. The maximum atomic E-state index is 12.6. The maximum Gasteiger partial charge on any atom is 0.338 e. The Bertz CT molecular complexity index is 990. The second kappa shape index (κ2) is 9.87. The first-order valence-corrected chi connectivity index (χ1v) is 10.9.